The molecule has 28 heavy (non-hydrogen) atoms. The second kappa shape index (κ2) is 7.00. The van der Waals surface area contributed by atoms with Crippen LogP contribution in [-0.4, -0.2) is 21.7 Å². The molecule has 2 heterocycles. The van der Waals surface area contributed by atoms with Crippen LogP contribution in [0.5, 0.6) is 5.75 Å². The van der Waals surface area contributed by atoms with E-state index >= 15 is 0 Å². The average molecular weight is 373 g/mol. The molecule has 4 aromatic rings. The summed E-state index contributed by atoms with van der Waals surface area (Å²) < 4.78 is 6.80. The Kier molecular flexibility index (Phi) is 4.51. The summed E-state index contributed by atoms with van der Waals surface area (Å²) >= 11 is 0. The minimum absolute atomic E-state index is 0.0501. The number of nitrogens with one attached hydrogen (secondary N) is 1. The molecule has 5 heteroatoms. The fourth-order valence-corrected chi connectivity index (χ4v) is 3.54. The van der Waals surface area contributed by atoms with Crippen LogP contribution in [0.2, 0.25) is 0 Å². The van der Waals surface area contributed by atoms with Gasteiger partial charge in [0.1, 0.15) is 5.75 Å². The molecule has 1 N–H and O–H groups in total. The zero-order chi connectivity index (χ0) is 19.8. The SMILES string of the molecule is COc1ccc(-c2c(C)[nH]n3c(=O)c(Cc4ccc(C)cc4)c(C)nc23)cc1. The van der Waals surface area contributed by atoms with Crippen molar-refractivity contribution in [1.29, 1.82) is 0 Å². The molecule has 0 bridgehead atoms. The summed E-state index contributed by atoms with van der Waals surface area (Å²) in [7, 11) is 1.64. The van der Waals surface area contributed by atoms with Crippen LogP contribution >= 0.6 is 0 Å². The van der Waals surface area contributed by atoms with Gasteiger partial charge in [0.15, 0.2) is 5.65 Å². The number of nitrogens with zero attached hydrogens (tertiary/aromatic N) is 2. The highest BCUT2D eigenvalue weighted by Gasteiger charge is 2.18. The van der Waals surface area contributed by atoms with Crippen LogP contribution in [0.25, 0.3) is 16.8 Å². The van der Waals surface area contributed by atoms with E-state index in [0.717, 1.165) is 33.8 Å². The molecular formula is C23H23N3O2. The van der Waals surface area contributed by atoms with E-state index in [1.165, 1.54) is 5.56 Å². The number of rotatable bonds is 4. The number of benzene rings is 2. The Morgan fingerprint density at radius 1 is 1.00 bits per heavy atom. The van der Waals surface area contributed by atoms with Gasteiger partial charge in [0.05, 0.1) is 7.11 Å². The molecule has 0 aliphatic carbocycles. The fraction of sp³-hybridized carbons (Fsp3) is 0.217. The van der Waals surface area contributed by atoms with Gasteiger partial charge in [-0.05, 0) is 44.0 Å². The molecule has 0 aliphatic rings. The van der Waals surface area contributed by atoms with E-state index in [2.05, 4.69) is 36.3 Å². The van der Waals surface area contributed by atoms with Crippen LogP contribution in [0.4, 0.5) is 0 Å². The zero-order valence-electron chi connectivity index (χ0n) is 16.5. The van der Waals surface area contributed by atoms with Gasteiger partial charge in [-0.1, -0.05) is 42.0 Å². The monoisotopic (exact) mass is 373 g/mol. The Labute approximate surface area is 163 Å². The van der Waals surface area contributed by atoms with Gasteiger partial charge in [0, 0.05) is 28.9 Å². The Hall–Kier alpha value is -3.34. The molecular weight excluding hydrogens is 350 g/mol. The van der Waals surface area contributed by atoms with Gasteiger partial charge in [-0.3, -0.25) is 9.89 Å². The molecule has 0 aliphatic heterocycles. The highest BCUT2D eigenvalue weighted by atomic mass is 16.5. The predicted octanol–water partition coefficient (Wildman–Crippen LogP) is 4.21. The standard InChI is InChI=1S/C23H23N3O2/c1-14-5-7-17(8-6-14)13-20-15(2)24-22-21(16(3)25-26(22)23(20)27)18-9-11-19(28-4)12-10-18/h5-12,25H,13H2,1-4H3. The third-order valence-electron chi connectivity index (χ3n) is 5.14. The Bertz CT molecular complexity index is 1200. The van der Waals surface area contributed by atoms with Crippen molar-refractivity contribution in [2.24, 2.45) is 0 Å². The van der Waals surface area contributed by atoms with Crippen molar-refractivity contribution in [3.8, 4) is 16.9 Å². The van der Waals surface area contributed by atoms with E-state index in [9.17, 15) is 4.79 Å². The topological polar surface area (TPSA) is 59.4 Å². The molecule has 0 fully saturated rings. The minimum Gasteiger partial charge on any atom is -0.497 e. The Balaban J connectivity index is 1.84. The predicted molar refractivity (Wildman–Crippen MR) is 111 cm³/mol. The van der Waals surface area contributed by atoms with Gasteiger partial charge < -0.3 is 4.74 Å². The smallest absolute Gasteiger partial charge is 0.276 e. The van der Waals surface area contributed by atoms with Crippen LogP contribution in [0, 0.1) is 20.8 Å². The first-order chi connectivity index (χ1) is 13.5. The summed E-state index contributed by atoms with van der Waals surface area (Å²) in [5, 5.41) is 3.20. The molecule has 0 saturated carbocycles. The zero-order valence-corrected chi connectivity index (χ0v) is 16.5. The molecule has 142 valence electrons. The van der Waals surface area contributed by atoms with E-state index in [1.54, 1.807) is 11.6 Å². The maximum absolute atomic E-state index is 13.2. The molecule has 0 amide bonds. The Morgan fingerprint density at radius 2 is 1.68 bits per heavy atom. The van der Waals surface area contributed by atoms with Crippen LogP contribution in [0.1, 0.15) is 28.1 Å². The second-order valence-corrected chi connectivity index (χ2v) is 7.14. The highest BCUT2D eigenvalue weighted by Crippen LogP contribution is 2.28. The summed E-state index contributed by atoms with van der Waals surface area (Å²) in [4.78, 5) is 18.0. The quantitative estimate of drug-likeness (QED) is 0.583. The van der Waals surface area contributed by atoms with Gasteiger partial charge in [0.25, 0.3) is 5.56 Å². The van der Waals surface area contributed by atoms with E-state index in [-0.39, 0.29) is 5.56 Å². The molecule has 2 aromatic heterocycles. The van der Waals surface area contributed by atoms with Crippen molar-refractivity contribution in [2.45, 2.75) is 27.2 Å². The fourth-order valence-electron chi connectivity index (χ4n) is 3.54. The minimum atomic E-state index is -0.0501. The van der Waals surface area contributed by atoms with E-state index in [1.807, 2.05) is 38.1 Å². The number of aromatic amines is 1. The molecule has 5 nitrogen and oxygen atoms in total. The summed E-state index contributed by atoms with van der Waals surface area (Å²) in [5.74, 6) is 0.794. The maximum atomic E-state index is 13.2. The number of fused-ring (bicyclic) bond motifs is 1. The van der Waals surface area contributed by atoms with Gasteiger partial charge in [-0.2, -0.15) is 0 Å². The number of methoxy groups -OCH3 is 1. The molecule has 0 spiro atoms. The second-order valence-electron chi connectivity index (χ2n) is 7.14. The lowest BCUT2D eigenvalue weighted by Gasteiger charge is -2.07. The van der Waals surface area contributed by atoms with Crippen molar-refractivity contribution in [1.82, 2.24) is 14.6 Å². The van der Waals surface area contributed by atoms with Crippen molar-refractivity contribution >= 4 is 5.65 Å². The molecule has 2 aromatic carbocycles. The average Bonchev–Trinajstić information content (AvgIpc) is 3.02. The summed E-state index contributed by atoms with van der Waals surface area (Å²) in [6, 6.07) is 16.0. The molecule has 4 rings (SSSR count). The van der Waals surface area contributed by atoms with E-state index in [0.29, 0.717) is 17.6 Å². The van der Waals surface area contributed by atoms with Crippen LogP contribution < -0.4 is 10.3 Å². The normalized spacial score (nSPS) is 11.1. The van der Waals surface area contributed by atoms with Crippen molar-refractivity contribution < 1.29 is 4.74 Å². The van der Waals surface area contributed by atoms with Gasteiger partial charge in [0.2, 0.25) is 0 Å². The number of hydrogen-bond donors (Lipinski definition) is 1. The van der Waals surface area contributed by atoms with Crippen LogP contribution in [0.3, 0.4) is 0 Å². The molecule has 0 atom stereocenters. The number of aryl methyl sites for hydroxylation is 3. The van der Waals surface area contributed by atoms with Gasteiger partial charge in [-0.15, -0.1) is 0 Å². The lowest BCUT2D eigenvalue weighted by Crippen LogP contribution is -2.22. The lowest BCUT2D eigenvalue weighted by molar-refractivity contribution is 0.415. The summed E-state index contributed by atoms with van der Waals surface area (Å²) in [6.45, 7) is 5.92. The Morgan fingerprint density at radius 3 is 2.32 bits per heavy atom. The maximum Gasteiger partial charge on any atom is 0.276 e. The summed E-state index contributed by atoms with van der Waals surface area (Å²) in [6.07, 6.45) is 0.566. The highest BCUT2D eigenvalue weighted by molar-refractivity contribution is 5.80. The number of aromatic nitrogens is 3. The van der Waals surface area contributed by atoms with Crippen molar-refractivity contribution in [3.05, 3.63) is 87.0 Å². The summed E-state index contributed by atoms with van der Waals surface area (Å²) in [5.41, 5.74) is 7.22. The largest absolute Gasteiger partial charge is 0.497 e. The first-order valence-corrected chi connectivity index (χ1v) is 9.28. The third-order valence-corrected chi connectivity index (χ3v) is 5.14. The van der Waals surface area contributed by atoms with Crippen LogP contribution in [0.15, 0.2) is 53.3 Å². The van der Waals surface area contributed by atoms with E-state index < -0.39 is 0 Å². The van der Waals surface area contributed by atoms with Crippen molar-refractivity contribution in [3.63, 3.8) is 0 Å². The molecule has 0 saturated heterocycles. The van der Waals surface area contributed by atoms with Gasteiger partial charge in [-0.25, -0.2) is 9.50 Å². The first kappa shape index (κ1) is 18.0. The third kappa shape index (κ3) is 3.09. The number of hydrogen-bond acceptors (Lipinski definition) is 3. The molecule has 0 radical (unpaired) electrons. The number of ether oxygens (including phenoxy) is 1. The van der Waals surface area contributed by atoms with E-state index in [4.69, 9.17) is 9.72 Å². The molecule has 0 unspecified atom stereocenters. The van der Waals surface area contributed by atoms with Crippen LogP contribution in [-0.2, 0) is 6.42 Å². The lowest BCUT2D eigenvalue weighted by atomic mass is 10.0. The number of H-pyrrole nitrogens is 1. The van der Waals surface area contributed by atoms with Gasteiger partial charge >= 0.3 is 0 Å². The first-order valence-electron chi connectivity index (χ1n) is 9.28. The van der Waals surface area contributed by atoms with Crippen molar-refractivity contribution in [2.75, 3.05) is 7.11 Å².